The van der Waals surface area contributed by atoms with Gasteiger partial charge in [-0.2, -0.15) is 0 Å². The van der Waals surface area contributed by atoms with Crippen LogP contribution in [0.5, 0.6) is 0 Å². The van der Waals surface area contributed by atoms with Crippen LogP contribution in [0.3, 0.4) is 0 Å². The topological polar surface area (TPSA) is 20.3 Å². The van der Waals surface area contributed by atoms with Gasteiger partial charge in [0.15, 0.2) is 0 Å². The third kappa shape index (κ3) is 1.70. The van der Waals surface area contributed by atoms with E-state index in [4.69, 9.17) is 0 Å². The first-order valence-corrected chi connectivity index (χ1v) is 7.82. The maximum atomic E-state index is 11.6. The van der Waals surface area contributed by atoms with E-state index in [-0.39, 0.29) is 5.41 Å². The molecule has 1 aliphatic heterocycles. The summed E-state index contributed by atoms with van der Waals surface area (Å²) in [6.07, 6.45) is 3.92. The second-order valence-electron chi connectivity index (χ2n) is 6.31. The second kappa shape index (κ2) is 4.84. The Labute approximate surface area is 131 Å². The molecule has 0 saturated carbocycles. The molecule has 1 unspecified atom stereocenters. The summed E-state index contributed by atoms with van der Waals surface area (Å²) in [4.78, 5) is 13.8. The number of likely N-dealkylation sites (N-methyl/N-ethyl adjacent to an activating group) is 1. The predicted molar refractivity (Wildman–Crippen MR) is 89.0 cm³/mol. The fourth-order valence-corrected chi connectivity index (χ4v) is 4.31. The largest absolute Gasteiger partial charge is 0.347 e. The third-order valence-corrected chi connectivity index (χ3v) is 5.19. The molecule has 0 radical (unpaired) electrons. The second-order valence-corrected chi connectivity index (χ2v) is 6.31. The van der Waals surface area contributed by atoms with Crippen molar-refractivity contribution >= 4 is 12.0 Å². The van der Waals surface area contributed by atoms with Crippen LogP contribution in [0, 0.1) is 0 Å². The molecule has 1 heterocycles. The number of fused-ring (bicyclic) bond motifs is 3. The van der Waals surface area contributed by atoms with Crippen molar-refractivity contribution < 1.29 is 4.79 Å². The van der Waals surface area contributed by atoms with Crippen molar-refractivity contribution in [1.82, 2.24) is 0 Å². The molecule has 22 heavy (non-hydrogen) atoms. The molecule has 0 spiro atoms. The van der Waals surface area contributed by atoms with Crippen LogP contribution in [0.1, 0.15) is 24.0 Å². The van der Waals surface area contributed by atoms with Crippen LogP contribution in [0.25, 0.3) is 0 Å². The van der Waals surface area contributed by atoms with Crippen molar-refractivity contribution in [3.8, 4) is 0 Å². The number of carbonyl (C=O) groups excluding carboxylic acids is 1. The fraction of sp³-hybridized carbons (Fsp3) is 0.250. The number of anilines is 1. The van der Waals surface area contributed by atoms with Gasteiger partial charge in [0, 0.05) is 29.4 Å². The van der Waals surface area contributed by atoms with Crippen LogP contribution in [-0.4, -0.2) is 13.3 Å². The minimum Gasteiger partial charge on any atom is -0.347 e. The average Bonchev–Trinajstić information content (AvgIpc) is 3.04. The molecular weight excluding hydrogens is 270 g/mol. The molecule has 2 aromatic rings. The standard InChI is InChI=1S/C20H19NO/c1-21-18-10-6-5-9-17(18)20(12-11-16(14-22)19(20)21)13-15-7-3-2-4-8-15/h2-10,14H,11-13H2,1H3. The normalized spacial score (nSPS) is 22.7. The van der Waals surface area contributed by atoms with Gasteiger partial charge in [0.05, 0.1) is 0 Å². The van der Waals surface area contributed by atoms with Gasteiger partial charge in [-0.1, -0.05) is 48.5 Å². The molecule has 0 amide bonds. The maximum Gasteiger partial charge on any atom is 0.147 e. The highest BCUT2D eigenvalue weighted by Crippen LogP contribution is 2.56. The number of benzene rings is 2. The first-order valence-electron chi connectivity index (χ1n) is 7.82. The Morgan fingerprint density at radius 1 is 1.09 bits per heavy atom. The summed E-state index contributed by atoms with van der Waals surface area (Å²) in [5.74, 6) is 0. The van der Waals surface area contributed by atoms with Crippen molar-refractivity contribution in [2.45, 2.75) is 24.7 Å². The Kier molecular flexibility index (Phi) is 2.93. The summed E-state index contributed by atoms with van der Waals surface area (Å²) in [6, 6.07) is 19.2. The number of allylic oxidation sites excluding steroid dienone is 2. The van der Waals surface area contributed by atoms with Crippen LogP contribution in [0.15, 0.2) is 65.9 Å². The van der Waals surface area contributed by atoms with Crippen LogP contribution < -0.4 is 4.90 Å². The van der Waals surface area contributed by atoms with Gasteiger partial charge in [-0.05, 0) is 36.5 Å². The van der Waals surface area contributed by atoms with Gasteiger partial charge >= 0.3 is 0 Å². The molecule has 2 aliphatic rings. The van der Waals surface area contributed by atoms with Crippen molar-refractivity contribution in [1.29, 1.82) is 0 Å². The zero-order valence-electron chi connectivity index (χ0n) is 12.8. The molecule has 1 atom stereocenters. The summed E-state index contributed by atoms with van der Waals surface area (Å²) < 4.78 is 0. The number of hydrogen-bond donors (Lipinski definition) is 0. The average molecular weight is 289 g/mol. The number of carbonyl (C=O) groups is 1. The molecule has 0 aromatic heterocycles. The first kappa shape index (κ1) is 13.3. The first-order chi connectivity index (χ1) is 10.8. The van der Waals surface area contributed by atoms with Gasteiger partial charge in [-0.3, -0.25) is 4.79 Å². The Morgan fingerprint density at radius 3 is 2.59 bits per heavy atom. The van der Waals surface area contributed by atoms with Crippen molar-refractivity contribution in [3.63, 3.8) is 0 Å². The smallest absolute Gasteiger partial charge is 0.147 e. The third-order valence-electron chi connectivity index (χ3n) is 5.19. The lowest BCUT2D eigenvalue weighted by molar-refractivity contribution is -0.105. The zero-order chi connectivity index (χ0) is 15.2. The van der Waals surface area contributed by atoms with E-state index in [1.807, 2.05) is 0 Å². The summed E-state index contributed by atoms with van der Waals surface area (Å²) in [5.41, 5.74) is 6.09. The van der Waals surface area contributed by atoms with E-state index in [0.29, 0.717) is 0 Å². The van der Waals surface area contributed by atoms with E-state index in [1.165, 1.54) is 22.5 Å². The molecule has 1 aliphatic carbocycles. The number of para-hydroxylation sites is 1. The molecule has 0 saturated heterocycles. The van der Waals surface area contributed by atoms with Gasteiger partial charge in [-0.15, -0.1) is 0 Å². The Bertz CT molecular complexity index is 762. The molecule has 2 nitrogen and oxygen atoms in total. The van der Waals surface area contributed by atoms with Crippen LogP contribution >= 0.6 is 0 Å². The minimum atomic E-state index is -0.0388. The minimum absolute atomic E-state index is 0.0388. The lowest BCUT2D eigenvalue weighted by atomic mass is 9.75. The number of hydrogen-bond acceptors (Lipinski definition) is 2. The van der Waals surface area contributed by atoms with E-state index in [2.05, 4.69) is 66.5 Å². The fourth-order valence-electron chi connectivity index (χ4n) is 4.31. The molecule has 4 rings (SSSR count). The Hall–Kier alpha value is -2.35. The molecule has 2 aromatic carbocycles. The molecule has 110 valence electrons. The molecule has 0 fully saturated rings. The van der Waals surface area contributed by atoms with E-state index < -0.39 is 0 Å². The zero-order valence-corrected chi connectivity index (χ0v) is 12.8. The van der Waals surface area contributed by atoms with Crippen molar-refractivity contribution in [3.05, 3.63) is 77.0 Å². The number of rotatable bonds is 3. The highest BCUT2D eigenvalue weighted by molar-refractivity contribution is 5.84. The van der Waals surface area contributed by atoms with Crippen LogP contribution in [0.2, 0.25) is 0 Å². The molecular formula is C20H19NO. The Morgan fingerprint density at radius 2 is 1.82 bits per heavy atom. The molecule has 2 heteroatoms. The predicted octanol–water partition coefficient (Wildman–Crippen LogP) is 3.86. The van der Waals surface area contributed by atoms with Crippen LogP contribution in [-0.2, 0) is 16.6 Å². The Balaban J connectivity index is 1.91. The SMILES string of the molecule is CN1C2=C(C=O)CCC2(Cc2ccccc2)c2ccccc21. The van der Waals surface area contributed by atoms with Crippen molar-refractivity contribution in [2.24, 2.45) is 0 Å². The molecule has 0 N–H and O–H groups in total. The number of nitrogens with zero attached hydrogens (tertiary/aromatic N) is 1. The summed E-state index contributed by atoms with van der Waals surface area (Å²) in [7, 11) is 2.09. The van der Waals surface area contributed by atoms with Gasteiger partial charge in [0.1, 0.15) is 6.29 Å². The van der Waals surface area contributed by atoms with Gasteiger partial charge in [-0.25, -0.2) is 0 Å². The lowest BCUT2D eigenvalue weighted by Crippen LogP contribution is -2.29. The van der Waals surface area contributed by atoms with Crippen molar-refractivity contribution in [2.75, 3.05) is 11.9 Å². The summed E-state index contributed by atoms with van der Waals surface area (Å²) in [5, 5.41) is 0. The maximum absolute atomic E-state index is 11.6. The van der Waals surface area contributed by atoms with Gasteiger partial charge in [0.2, 0.25) is 0 Å². The van der Waals surface area contributed by atoms with E-state index in [0.717, 1.165) is 31.1 Å². The van der Waals surface area contributed by atoms with Crippen LogP contribution in [0.4, 0.5) is 5.69 Å². The quantitative estimate of drug-likeness (QED) is 0.800. The summed E-state index contributed by atoms with van der Waals surface area (Å²) in [6.45, 7) is 0. The van der Waals surface area contributed by atoms with E-state index >= 15 is 0 Å². The highest BCUT2D eigenvalue weighted by atomic mass is 16.1. The van der Waals surface area contributed by atoms with Gasteiger partial charge < -0.3 is 4.90 Å². The summed E-state index contributed by atoms with van der Waals surface area (Å²) >= 11 is 0. The molecule has 0 bridgehead atoms. The monoisotopic (exact) mass is 289 g/mol. The highest BCUT2D eigenvalue weighted by Gasteiger charge is 2.50. The number of aldehydes is 1. The van der Waals surface area contributed by atoms with Gasteiger partial charge in [0.25, 0.3) is 0 Å². The van der Waals surface area contributed by atoms with E-state index in [9.17, 15) is 4.79 Å². The van der Waals surface area contributed by atoms with E-state index in [1.54, 1.807) is 0 Å². The lowest BCUT2D eigenvalue weighted by Gasteiger charge is -2.29.